The zero-order valence-corrected chi connectivity index (χ0v) is 11.7. The average molecular weight is 262 g/mol. The molecule has 3 N–H and O–H groups in total. The van der Waals surface area contributed by atoms with Gasteiger partial charge in [0.2, 0.25) is 5.91 Å². The molecule has 4 aliphatic rings. The van der Waals surface area contributed by atoms with E-state index in [0.29, 0.717) is 12.5 Å². The van der Waals surface area contributed by atoms with E-state index < -0.39 is 0 Å². The number of nitrogens with one attached hydrogen (secondary N) is 1. The molecule has 106 valence electrons. The van der Waals surface area contributed by atoms with E-state index in [9.17, 15) is 4.79 Å². The fourth-order valence-corrected chi connectivity index (χ4v) is 5.62. The Morgan fingerprint density at radius 3 is 2.63 bits per heavy atom. The molecule has 0 aliphatic heterocycles. The summed E-state index contributed by atoms with van der Waals surface area (Å²) in [5, 5.41) is 3.33. The van der Waals surface area contributed by atoms with Crippen molar-refractivity contribution in [2.45, 2.75) is 69.4 Å². The summed E-state index contributed by atoms with van der Waals surface area (Å²) in [6, 6.07) is 0.473. The number of hydrogen-bond donors (Lipinski definition) is 2. The van der Waals surface area contributed by atoms with Gasteiger partial charge in [0.15, 0.2) is 0 Å². The minimum Gasteiger partial charge on any atom is -0.353 e. The monoisotopic (exact) mass is 262 g/mol. The molecule has 19 heavy (non-hydrogen) atoms. The van der Waals surface area contributed by atoms with Gasteiger partial charge < -0.3 is 11.1 Å². The molecule has 5 unspecified atom stereocenters. The molecule has 1 amide bonds. The number of hydrogen-bond acceptors (Lipinski definition) is 2. The fraction of sp³-hybridized carbons (Fsp3) is 0.938. The van der Waals surface area contributed by atoms with E-state index in [1.165, 1.54) is 38.5 Å². The lowest BCUT2D eigenvalue weighted by Gasteiger charge is -2.38. The Hall–Kier alpha value is -0.570. The third-order valence-electron chi connectivity index (χ3n) is 6.64. The summed E-state index contributed by atoms with van der Waals surface area (Å²) in [5.41, 5.74) is 6.01. The van der Waals surface area contributed by atoms with Gasteiger partial charge in [-0.25, -0.2) is 0 Å². The molecule has 4 aliphatic carbocycles. The second-order valence-corrected chi connectivity index (χ2v) is 7.72. The van der Waals surface area contributed by atoms with Gasteiger partial charge in [0, 0.05) is 18.0 Å². The van der Waals surface area contributed by atoms with Gasteiger partial charge in [0.05, 0.1) is 0 Å². The molecule has 3 heteroatoms. The molecule has 2 bridgehead atoms. The summed E-state index contributed by atoms with van der Waals surface area (Å²) in [6.45, 7) is 0. The van der Waals surface area contributed by atoms with Gasteiger partial charge in [0.25, 0.3) is 0 Å². The number of rotatable bonds is 3. The Kier molecular flexibility index (Phi) is 2.70. The molecule has 0 aromatic carbocycles. The first-order valence-electron chi connectivity index (χ1n) is 8.23. The van der Waals surface area contributed by atoms with E-state index in [-0.39, 0.29) is 11.4 Å². The standard InChI is InChI=1S/C16H26N2O/c17-16(5-2-6-16)9-15(19)18-14-8-10-7-13(14)12-4-1-3-11(10)12/h10-14H,1-9,17H2,(H,18,19). The molecule has 4 saturated carbocycles. The smallest absolute Gasteiger partial charge is 0.222 e. The highest BCUT2D eigenvalue weighted by Crippen LogP contribution is 2.58. The zero-order valence-electron chi connectivity index (χ0n) is 11.7. The minimum absolute atomic E-state index is 0.169. The predicted molar refractivity (Wildman–Crippen MR) is 74.4 cm³/mol. The quantitative estimate of drug-likeness (QED) is 0.819. The summed E-state index contributed by atoms with van der Waals surface area (Å²) in [6.07, 6.45) is 10.7. The van der Waals surface area contributed by atoms with Crippen molar-refractivity contribution in [3.05, 3.63) is 0 Å². The average Bonchev–Trinajstić information content (AvgIpc) is 2.96. The summed E-state index contributed by atoms with van der Waals surface area (Å²) in [5.74, 6) is 3.86. The molecule has 4 rings (SSSR count). The molecule has 3 nitrogen and oxygen atoms in total. The van der Waals surface area contributed by atoms with Crippen LogP contribution in [-0.4, -0.2) is 17.5 Å². The van der Waals surface area contributed by atoms with Crippen molar-refractivity contribution in [1.82, 2.24) is 5.32 Å². The van der Waals surface area contributed by atoms with Gasteiger partial charge in [-0.05, 0) is 68.6 Å². The number of nitrogens with two attached hydrogens (primary N) is 1. The van der Waals surface area contributed by atoms with Gasteiger partial charge in [-0.2, -0.15) is 0 Å². The highest BCUT2D eigenvalue weighted by atomic mass is 16.1. The molecule has 0 saturated heterocycles. The van der Waals surface area contributed by atoms with Gasteiger partial charge in [-0.3, -0.25) is 4.79 Å². The van der Waals surface area contributed by atoms with Crippen LogP contribution in [0.2, 0.25) is 0 Å². The van der Waals surface area contributed by atoms with Crippen molar-refractivity contribution < 1.29 is 4.79 Å². The largest absolute Gasteiger partial charge is 0.353 e. The van der Waals surface area contributed by atoms with Crippen molar-refractivity contribution in [2.24, 2.45) is 29.4 Å². The Morgan fingerprint density at radius 1 is 1.11 bits per heavy atom. The Balaban J connectivity index is 1.35. The molecule has 0 spiro atoms. The topological polar surface area (TPSA) is 55.1 Å². The normalized spacial score (nSPS) is 45.8. The molecule has 0 aromatic heterocycles. The summed E-state index contributed by atoms with van der Waals surface area (Å²) < 4.78 is 0. The zero-order chi connectivity index (χ0) is 13.0. The second-order valence-electron chi connectivity index (χ2n) is 7.72. The van der Waals surface area contributed by atoms with Gasteiger partial charge >= 0.3 is 0 Å². The van der Waals surface area contributed by atoms with Crippen LogP contribution < -0.4 is 11.1 Å². The fourth-order valence-electron chi connectivity index (χ4n) is 5.62. The highest BCUT2D eigenvalue weighted by molar-refractivity contribution is 5.77. The van der Waals surface area contributed by atoms with Crippen molar-refractivity contribution >= 4 is 5.91 Å². The molecular weight excluding hydrogens is 236 g/mol. The van der Waals surface area contributed by atoms with Crippen LogP contribution in [0.15, 0.2) is 0 Å². The van der Waals surface area contributed by atoms with Crippen molar-refractivity contribution in [3.63, 3.8) is 0 Å². The van der Waals surface area contributed by atoms with E-state index in [1.54, 1.807) is 0 Å². The molecule has 0 heterocycles. The number of amides is 1. The predicted octanol–water partition coefficient (Wildman–Crippen LogP) is 2.20. The summed E-state index contributed by atoms with van der Waals surface area (Å²) in [4.78, 5) is 12.2. The van der Waals surface area contributed by atoms with Crippen molar-refractivity contribution in [1.29, 1.82) is 0 Å². The van der Waals surface area contributed by atoms with Crippen molar-refractivity contribution in [2.75, 3.05) is 0 Å². The lowest BCUT2D eigenvalue weighted by molar-refractivity contribution is -0.124. The molecular formula is C16H26N2O. The molecule has 0 aromatic rings. The van der Waals surface area contributed by atoms with E-state index in [4.69, 9.17) is 5.73 Å². The maximum Gasteiger partial charge on any atom is 0.222 e. The Labute approximate surface area is 115 Å². The summed E-state index contributed by atoms with van der Waals surface area (Å²) >= 11 is 0. The molecule has 5 atom stereocenters. The van der Waals surface area contributed by atoms with Crippen LogP contribution in [-0.2, 0) is 4.79 Å². The third-order valence-corrected chi connectivity index (χ3v) is 6.64. The molecule has 4 fully saturated rings. The first-order chi connectivity index (χ1) is 9.15. The Morgan fingerprint density at radius 2 is 1.89 bits per heavy atom. The van der Waals surface area contributed by atoms with Gasteiger partial charge in [-0.15, -0.1) is 0 Å². The van der Waals surface area contributed by atoms with Crippen molar-refractivity contribution in [3.8, 4) is 0 Å². The minimum atomic E-state index is -0.169. The van der Waals surface area contributed by atoms with Crippen LogP contribution in [0, 0.1) is 23.7 Å². The number of fused-ring (bicyclic) bond motifs is 5. The third kappa shape index (κ3) is 1.93. The van der Waals surface area contributed by atoms with E-state index in [2.05, 4.69) is 5.32 Å². The maximum absolute atomic E-state index is 12.2. The number of carbonyl (C=O) groups is 1. The number of carbonyl (C=O) groups excluding carboxylic acids is 1. The highest BCUT2D eigenvalue weighted by Gasteiger charge is 2.54. The Bertz CT molecular complexity index is 390. The van der Waals surface area contributed by atoms with Crippen LogP contribution in [0.3, 0.4) is 0 Å². The van der Waals surface area contributed by atoms with Crippen LogP contribution >= 0.6 is 0 Å². The first kappa shape index (κ1) is 12.2. The van der Waals surface area contributed by atoms with Crippen LogP contribution in [0.5, 0.6) is 0 Å². The van der Waals surface area contributed by atoms with Gasteiger partial charge in [-0.1, -0.05) is 6.42 Å². The molecule has 0 radical (unpaired) electrons. The van der Waals surface area contributed by atoms with Crippen LogP contribution in [0.25, 0.3) is 0 Å². The maximum atomic E-state index is 12.2. The van der Waals surface area contributed by atoms with Gasteiger partial charge in [0.1, 0.15) is 0 Å². The van der Waals surface area contributed by atoms with E-state index in [1.807, 2.05) is 0 Å². The van der Waals surface area contributed by atoms with E-state index >= 15 is 0 Å². The SMILES string of the molecule is NC1(CC(=O)NC2CC3CC2C2CCCC32)CCC1. The lowest BCUT2D eigenvalue weighted by atomic mass is 9.75. The van der Waals surface area contributed by atoms with E-state index in [0.717, 1.165) is 36.5 Å². The summed E-state index contributed by atoms with van der Waals surface area (Å²) in [7, 11) is 0. The second kappa shape index (κ2) is 4.21. The lowest BCUT2D eigenvalue weighted by Crippen LogP contribution is -2.52. The first-order valence-corrected chi connectivity index (χ1v) is 8.23. The van der Waals surface area contributed by atoms with Crippen LogP contribution in [0.4, 0.5) is 0 Å². The van der Waals surface area contributed by atoms with Crippen LogP contribution in [0.1, 0.15) is 57.8 Å².